The van der Waals surface area contributed by atoms with Crippen LogP contribution < -0.4 is 5.69 Å². The Morgan fingerprint density at radius 2 is 1.62 bits per heavy atom. The molecule has 0 atom stereocenters. The number of aromatic nitrogens is 3. The van der Waals surface area contributed by atoms with Gasteiger partial charge in [-0.05, 0) is 92.3 Å². The lowest BCUT2D eigenvalue weighted by Crippen LogP contribution is -2.42. The number of likely N-dealkylation sites (tertiary alicyclic amines) is 2. The number of aromatic amines is 1. The van der Waals surface area contributed by atoms with Gasteiger partial charge in [0, 0.05) is 32.6 Å². The van der Waals surface area contributed by atoms with E-state index in [1.165, 1.54) is 29.0 Å². The summed E-state index contributed by atoms with van der Waals surface area (Å²) < 4.78 is 1.46. The number of rotatable bonds is 7. The highest BCUT2D eigenvalue weighted by molar-refractivity contribution is 5.73. The highest BCUT2D eigenvalue weighted by Gasteiger charge is 2.26. The molecule has 3 aromatic rings. The molecule has 0 radical (unpaired) electrons. The Morgan fingerprint density at radius 3 is 2.25 bits per heavy atom. The van der Waals surface area contributed by atoms with Crippen LogP contribution in [0.15, 0.2) is 41.2 Å². The summed E-state index contributed by atoms with van der Waals surface area (Å²) in [5.41, 5.74) is 2.59. The number of aromatic hydroxyl groups is 2. The van der Waals surface area contributed by atoms with Crippen LogP contribution in [-0.4, -0.2) is 73.4 Å². The molecule has 2 aliphatic heterocycles. The summed E-state index contributed by atoms with van der Waals surface area (Å²) >= 11 is 0. The van der Waals surface area contributed by atoms with Crippen LogP contribution in [0, 0.1) is 11.8 Å². The summed E-state index contributed by atoms with van der Waals surface area (Å²) in [5, 5.41) is 27.5. The van der Waals surface area contributed by atoms with Gasteiger partial charge in [-0.1, -0.05) is 26.0 Å². The number of hydrogen-bond donors (Lipinski definition) is 3. The maximum absolute atomic E-state index is 12.7. The summed E-state index contributed by atoms with van der Waals surface area (Å²) in [7, 11) is 0. The minimum atomic E-state index is -0.388. The van der Waals surface area contributed by atoms with Crippen molar-refractivity contribution in [2.24, 2.45) is 11.8 Å². The smallest absolute Gasteiger partial charge is 0.348 e. The molecule has 2 fully saturated rings. The summed E-state index contributed by atoms with van der Waals surface area (Å²) in [4.78, 5) is 28.9. The molecule has 9 nitrogen and oxygen atoms in total. The monoisotopic (exact) mass is 547 g/mol. The average molecular weight is 548 g/mol. The SMILES string of the molecule is CC(=O)N1CCC(CN2CCC(Cc3ccc(-n4c(-c5cc(C(C)C)c(O)cc5O)n[nH]c4=O)cc3)CC2)CC1. The van der Waals surface area contributed by atoms with Crippen molar-refractivity contribution < 1.29 is 15.0 Å². The second kappa shape index (κ2) is 11.9. The number of carbonyl (C=O) groups is 1. The van der Waals surface area contributed by atoms with Crippen LogP contribution in [0.3, 0.4) is 0 Å². The van der Waals surface area contributed by atoms with Crippen LogP contribution >= 0.6 is 0 Å². The van der Waals surface area contributed by atoms with E-state index in [2.05, 4.69) is 27.2 Å². The third-order valence-electron chi connectivity index (χ3n) is 8.68. The predicted molar refractivity (Wildman–Crippen MR) is 155 cm³/mol. The first-order valence-electron chi connectivity index (χ1n) is 14.5. The fourth-order valence-electron chi connectivity index (χ4n) is 6.24. The Labute approximate surface area is 235 Å². The van der Waals surface area contributed by atoms with Gasteiger partial charge in [0.2, 0.25) is 5.91 Å². The molecule has 3 heterocycles. The molecule has 3 N–H and O–H groups in total. The molecule has 2 aliphatic rings. The molecule has 1 aromatic heterocycles. The minimum absolute atomic E-state index is 0.0193. The molecule has 2 saturated heterocycles. The van der Waals surface area contributed by atoms with E-state index in [-0.39, 0.29) is 29.0 Å². The molecule has 0 saturated carbocycles. The molecule has 40 heavy (non-hydrogen) atoms. The number of nitrogens with one attached hydrogen (secondary N) is 1. The summed E-state index contributed by atoms with van der Waals surface area (Å²) in [6.07, 6.45) is 5.58. The number of benzene rings is 2. The van der Waals surface area contributed by atoms with E-state index >= 15 is 0 Å². The first-order valence-corrected chi connectivity index (χ1v) is 14.5. The van der Waals surface area contributed by atoms with E-state index in [0.29, 0.717) is 34.5 Å². The van der Waals surface area contributed by atoms with Crippen molar-refractivity contribution in [3.63, 3.8) is 0 Å². The lowest BCUT2D eigenvalue weighted by Gasteiger charge is -2.37. The molecule has 214 valence electrons. The molecule has 5 rings (SSSR count). The maximum Gasteiger partial charge on any atom is 0.348 e. The van der Waals surface area contributed by atoms with Crippen molar-refractivity contribution >= 4 is 5.91 Å². The fraction of sp³-hybridized carbons (Fsp3) is 0.516. The summed E-state index contributed by atoms with van der Waals surface area (Å²) in [5.74, 6) is 1.75. The van der Waals surface area contributed by atoms with Crippen LogP contribution in [0.5, 0.6) is 11.5 Å². The molecule has 1 amide bonds. The zero-order valence-electron chi connectivity index (χ0n) is 23.8. The van der Waals surface area contributed by atoms with Gasteiger partial charge in [-0.3, -0.25) is 4.79 Å². The van der Waals surface area contributed by atoms with Gasteiger partial charge in [-0.2, -0.15) is 5.10 Å². The molecule has 0 bridgehead atoms. The van der Waals surface area contributed by atoms with E-state index in [1.54, 1.807) is 13.0 Å². The van der Waals surface area contributed by atoms with Crippen LogP contribution in [0.2, 0.25) is 0 Å². The predicted octanol–water partition coefficient (Wildman–Crippen LogP) is 4.28. The number of phenols is 2. The highest BCUT2D eigenvalue weighted by Crippen LogP contribution is 2.37. The second-order valence-electron chi connectivity index (χ2n) is 11.8. The number of phenolic OH excluding ortho intramolecular Hbond substituents is 2. The Balaban J connectivity index is 1.20. The van der Waals surface area contributed by atoms with E-state index in [4.69, 9.17) is 0 Å². The topological polar surface area (TPSA) is 115 Å². The van der Waals surface area contributed by atoms with Gasteiger partial charge in [-0.25, -0.2) is 14.5 Å². The first-order chi connectivity index (χ1) is 19.2. The molecular weight excluding hydrogens is 506 g/mol. The van der Waals surface area contributed by atoms with E-state index < -0.39 is 0 Å². The van der Waals surface area contributed by atoms with E-state index in [9.17, 15) is 19.8 Å². The fourth-order valence-corrected chi connectivity index (χ4v) is 6.24. The number of hydrogen-bond acceptors (Lipinski definition) is 6. The van der Waals surface area contributed by atoms with Gasteiger partial charge in [0.15, 0.2) is 5.82 Å². The second-order valence-corrected chi connectivity index (χ2v) is 11.8. The maximum atomic E-state index is 12.7. The van der Waals surface area contributed by atoms with Gasteiger partial charge in [0.05, 0.1) is 11.3 Å². The van der Waals surface area contributed by atoms with Crippen LogP contribution in [-0.2, 0) is 11.2 Å². The van der Waals surface area contributed by atoms with Gasteiger partial charge >= 0.3 is 5.69 Å². The molecule has 9 heteroatoms. The zero-order valence-corrected chi connectivity index (χ0v) is 23.8. The summed E-state index contributed by atoms with van der Waals surface area (Å²) in [6.45, 7) is 10.8. The highest BCUT2D eigenvalue weighted by atomic mass is 16.3. The van der Waals surface area contributed by atoms with Gasteiger partial charge < -0.3 is 20.0 Å². The molecule has 0 unspecified atom stereocenters. The zero-order chi connectivity index (χ0) is 28.4. The normalized spacial score (nSPS) is 17.6. The average Bonchev–Trinajstić information content (AvgIpc) is 3.31. The van der Waals surface area contributed by atoms with Crippen molar-refractivity contribution in [3.05, 3.63) is 58.0 Å². The molecular formula is C31H41N5O4. The van der Waals surface area contributed by atoms with Crippen LogP contribution in [0.25, 0.3) is 17.1 Å². The van der Waals surface area contributed by atoms with Crippen molar-refractivity contribution in [2.45, 2.75) is 58.8 Å². The lowest BCUT2D eigenvalue weighted by molar-refractivity contribution is -0.130. The van der Waals surface area contributed by atoms with Crippen LogP contribution in [0.1, 0.15) is 63.5 Å². The molecule has 2 aromatic carbocycles. The largest absolute Gasteiger partial charge is 0.508 e. The first kappa shape index (κ1) is 28.0. The standard InChI is InChI=1S/C31H41N5O4/c1-20(2)26-17-27(29(39)18-28(26)38)30-32-33-31(40)36(30)25-6-4-22(5-7-25)16-23-8-12-34(13-9-23)19-24-10-14-35(15-11-24)21(3)37/h4-7,17-18,20,23-24,38-39H,8-16,19H2,1-3H3,(H,33,40). The molecule has 0 spiro atoms. The van der Waals surface area contributed by atoms with Gasteiger partial charge in [-0.15, -0.1) is 0 Å². The van der Waals surface area contributed by atoms with E-state index in [1.807, 2.05) is 30.9 Å². The van der Waals surface area contributed by atoms with Gasteiger partial charge in [0.25, 0.3) is 0 Å². The number of amides is 1. The van der Waals surface area contributed by atoms with Gasteiger partial charge in [0.1, 0.15) is 11.5 Å². The Morgan fingerprint density at radius 1 is 0.975 bits per heavy atom. The minimum Gasteiger partial charge on any atom is -0.508 e. The lowest BCUT2D eigenvalue weighted by atomic mass is 9.89. The van der Waals surface area contributed by atoms with Crippen molar-refractivity contribution in [3.8, 4) is 28.6 Å². The Kier molecular flexibility index (Phi) is 8.30. The third kappa shape index (κ3) is 6.09. The van der Waals surface area contributed by atoms with Crippen LogP contribution in [0.4, 0.5) is 0 Å². The Hall–Kier alpha value is -3.59. The number of H-pyrrole nitrogens is 1. The Bertz CT molecular complexity index is 1380. The quantitative estimate of drug-likeness (QED) is 0.407. The molecule has 0 aliphatic carbocycles. The van der Waals surface area contributed by atoms with Crippen molar-refractivity contribution in [1.29, 1.82) is 0 Å². The summed E-state index contributed by atoms with van der Waals surface area (Å²) in [6, 6.07) is 11.0. The van der Waals surface area contributed by atoms with Crippen molar-refractivity contribution in [1.82, 2.24) is 24.6 Å². The van der Waals surface area contributed by atoms with E-state index in [0.717, 1.165) is 52.0 Å². The number of carbonyl (C=O) groups excluding carboxylic acids is 1. The number of nitrogens with zero attached hydrogens (tertiary/aromatic N) is 4. The van der Waals surface area contributed by atoms with Crippen molar-refractivity contribution in [2.75, 3.05) is 32.7 Å². The number of piperidine rings is 2. The third-order valence-corrected chi connectivity index (χ3v) is 8.68.